The van der Waals surface area contributed by atoms with Crippen LogP contribution in [0.4, 0.5) is 5.69 Å². The van der Waals surface area contributed by atoms with E-state index >= 15 is 0 Å². The first-order chi connectivity index (χ1) is 8.69. The van der Waals surface area contributed by atoms with Crippen molar-refractivity contribution < 1.29 is 14.3 Å². The Morgan fingerprint density at radius 1 is 1.61 bits per heavy atom. The lowest BCUT2D eigenvalue weighted by molar-refractivity contribution is -0.137. The highest BCUT2D eigenvalue weighted by atomic mass is 16.5. The molecule has 1 aliphatic rings. The molecule has 1 atom stereocenters. The maximum atomic E-state index is 11.2. The van der Waals surface area contributed by atoms with Gasteiger partial charge in [-0.3, -0.25) is 0 Å². The van der Waals surface area contributed by atoms with E-state index in [4.69, 9.17) is 9.47 Å². The molecule has 0 bridgehead atoms. The van der Waals surface area contributed by atoms with Gasteiger partial charge in [0.2, 0.25) is 0 Å². The molecule has 18 heavy (non-hydrogen) atoms. The molecule has 0 aromatic heterocycles. The van der Waals surface area contributed by atoms with Gasteiger partial charge in [-0.2, -0.15) is 0 Å². The number of nitrogens with one attached hydrogen (secondary N) is 1. The summed E-state index contributed by atoms with van der Waals surface area (Å²) in [5.74, 6) is 0.523. The molecule has 1 aromatic carbocycles. The van der Waals surface area contributed by atoms with Gasteiger partial charge < -0.3 is 14.8 Å². The van der Waals surface area contributed by atoms with Crippen molar-refractivity contribution in [3.63, 3.8) is 0 Å². The van der Waals surface area contributed by atoms with E-state index in [1.807, 2.05) is 25.1 Å². The highest BCUT2D eigenvalue weighted by Crippen LogP contribution is 2.30. The smallest absolute Gasteiger partial charge is 0.330 e. The van der Waals surface area contributed by atoms with E-state index in [0.717, 1.165) is 23.5 Å². The Morgan fingerprint density at radius 3 is 3.22 bits per heavy atom. The average molecular weight is 247 g/mol. The number of hydrogen-bond acceptors (Lipinski definition) is 4. The van der Waals surface area contributed by atoms with Crippen molar-refractivity contribution >= 4 is 17.7 Å². The Balaban J connectivity index is 2.09. The number of ether oxygens (including phenoxy) is 2. The lowest BCUT2D eigenvalue weighted by atomic mass is 10.1. The Bertz CT molecular complexity index is 468. The fourth-order valence-corrected chi connectivity index (χ4v) is 1.76. The van der Waals surface area contributed by atoms with Gasteiger partial charge >= 0.3 is 5.97 Å². The van der Waals surface area contributed by atoms with Crippen molar-refractivity contribution in [2.75, 3.05) is 18.5 Å². The fraction of sp³-hybridized carbons (Fsp3) is 0.357. The second kappa shape index (κ2) is 5.58. The van der Waals surface area contributed by atoms with Crippen LogP contribution in [0.15, 0.2) is 24.3 Å². The number of hydrogen-bond donors (Lipinski definition) is 1. The lowest BCUT2D eigenvalue weighted by Gasteiger charge is -2.24. The third-order valence-corrected chi connectivity index (χ3v) is 2.61. The third kappa shape index (κ3) is 3.03. The summed E-state index contributed by atoms with van der Waals surface area (Å²) >= 11 is 0. The molecule has 1 aromatic rings. The zero-order valence-electron chi connectivity index (χ0n) is 10.6. The number of rotatable bonds is 3. The van der Waals surface area contributed by atoms with E-state index in [0.29, 0.717) is 6.61 Å². The Hall–Kier alpha value is -1.97. The number of fused-ring (bicyclic) bond motifs is 1. The van der Waals surface area contributed by atoms with Gasteiger partial charge in [-0.15, -0.1) is 0 Å². The lowest BCUT2D eigenvalue weighted by Crippen LogP contribution is -2.27. The molecule has 96 valence electrons. The average Bonchev–Trinajstić information content (AvgIpc) is 2.36. The standard InChI is InChI=1S/C14H17NO3/c1-3-17-14(16)7-5-11-4-6-13-12(8-11)15-9-10(2)18-13/h4-8,10,15H,3,9H2,1-2H3. The number of carbonyl (C=O) groups is 1. The highest BCUT2D eigenvalue weighted by Gasteiger charge is 2.14. The molecule has 0 amide bonds. The SMILES string of the molecule is CCOC(=O)C=Cc1ccc2c(c1)NCC(C)O2. The molecule has 4 nitrogen and oxygen atoms in total. The molecule has 0 radical (unpaired) electrons. The van der Waals surface area contributed by atoms with E-state index in [1.54, 1.807) is 13.0 Å². The molecular formula is C14H17NO3. The van der Waals surface area contributed by atoms with Crippen LogP contribution in [-0.4, -0.2) is 25.2 Å². The molecule has 1 heterocycles. The van der Waals surface area contributed by atoms with Crippen molar-refractivity contribution in [2.24, 2.45) is 0 Å². The van der Waals surface area contributed by atoms with Crippen LogP contribution in [-0.2, 0) is 9.53 Å². The van der Waals surface area contributed by atoms with Crippen molar-refractivity contribution in [3.05, 3.63) is 29.8 Å². The Labute approximate surface area is 107 Å². The second-order valence-corrected chi connectivity index (χ2v) is 4.15. The minimum absolute atomic E-state index is 0.179. The summed E-state index contributed by atoms with van der Waals surface area (Å²) < 4.78 is 10.5. The highest BCUT2D eigenvalue weighted by molar-refractivity contribution is 5.87. The van der Waals surface area contributed by atoms with E-state index < -0.39 is 0 Å². The first-order valence-corrected chi connectivity index (χ1v) is 6.08. The Morgan fingerprint density at radius 2 is 2.44 bits per heavy atom. The summed E-state index contributed by atoms with van der Waals surface area (Å²) in [6.45, 7) is 4.98. The van der Waals surface area contributed by atoms with E-state index in [9.17, 15) is 4.79 Å². The first-order valence-electron chi connectivity index (χ1n) is 6.08. The summed E-state index contributed by atoms with van der Waals surface area (Å²) in [6, 6.07) is 5.77. The molecule has 2 rings (SSSR count). The van der Waals surface area contributed by atoms with Crippen LogP contribution >= 0.6 is 0 Å². The molecule has 0 saturated carbocycles. The van der Waals surface area contributed by atoms with E-state index in [2.05, 4.69) is 5.32 Å². The van der Waals surface area contributed by atoms with Crippen LogP contribution in [0.25, 0.3) is 6.08 Å². The van der Waals surface area contributed by atoms with Crippen molar-refractivity contribution in [1.82, 2.24) is 0 Å². The van der Waals surface area contributed by atoms with Crippen LogP contribution in [0, 0.1) is 0 Å². The van der Waals surface area contributed by atoms with Gasteiger partial charge in [0.1, 0.15) is 11.9 Å². The van der Waals surface area contributed by atoms with Gasteiger partial charge in [-0.1, -0.05) is 6.07 Å². The summed E-state index contributed by atoms with van der Waals surface area (Å²) in [5.41, 5.74) is 1.89. The maximum Gasteiger partial charge on any atom is 0.330 e. The predicted octanol–water partition coefficient (Wildman–Crippen LogP) is 2.46. The molecular weight excluding hydrogens is 230 g/mol. The zero-order chi connectivity index (χ0) is 13.0. The predicted molar refractivity (Wildman–Crippen MR) is 70.7 cm³/mol. The molecule has 0 saturated heterocycles. The number of benzene rings is 1. The normalized spacial score (nSPS) is 17.8. The third-order valence-electron chi connectivity index (χ3n) is 2.61. The molecule has 1 N–H and O–H groups in total. The number of anilines is 1. The number of carbonyl (C=O) groups excluding carboxylic acids is 1. The van der Waals surface area contributed by atoms with Crippen LogP contribution in [0.3, 0.4) is 0 Å². The molecule has 0 aliphatic carbocycles. The molecule has 0 spiro atoms. The zero-order valence-corrected chi connectivity index (χ0v) is 10.6. The monoisotopic (exact) mass is 247 g/mol. The van der Waals surface area contributed by atoms with Crippen LogP contribution in [0.5, 0.6) is 5.75 Å². The quantitative estimate of drug-likeness (QED) is 0.658. The van der Waals surface area contributed by atoms with Crippen LogP contribution in [0.1, 0.15) is 19.4 Å². The van der Waals surface area contributed by atoms with Gasteiger partial charge in [0.15, 0.2) is 0 Å². The second-order valence-electron chi connectivity index (χ2n) is 4.15. The van der Waals surface area contributed by atoms with Crippen LogP contribution < -0.4 is 10.1 Å². The van der Waals surface area contributed by atoms with Crippen molar-refractivity contribution in [1.29, 1.82) is 0 Å². The maximum absolute atomic E-state index is 11.2. The largest absolute Gasteiger partial charge is 0.487 e. The molecule has 4 heteroatoms. The summed E-state index contributed by atoms with van der Waals surface area (Å²) in [6.07, 6.45) is 3.34. The molecule has 0 fully saturated rings. The van der Waals surface area contributed by atoms with Gasteiger partial charge in [0, 0.05) is 6.08 Å². The van der Waals surface area contributed by atoms with E-state index in [-0.39, 0.29) is 12.1 Å². The summed E-state index contributed by atoms with van der Waals surface area (Å²) in [5, 5.41) is 3.29. The Kier molecular flexibility index (Phi) is 3.87. The van der Waals surface area contributed by atoms with Crippen molar-refractivity contribution in [2.45, 2.75) is 20.0 Å². The van der Waals surface area contributed by atoms with Gasteiger partial charge in [0.05, 0.1) is 18.8 Å². The number of esters is 1. The van der Waals surface area contributed by atoms with Crippen molar-refractivity contribution in [3.8, 4) is 5.75 Å². The summed E-state index contributed by atoms with van der Waals surface area (Å²) in [4.78, 5) is 11.2. The minimum atomic E-state index is -0.326. The topological polar surface area (TPSA) is 47.6 Å². The fourth-order valence-electron chi connectivity index (χ4n) is 1.76. The van der Waals surface area contributed by atoms with E-state index in [1.165, 1.54) is 6.08 Å². The molecule has 1 unspecified atom stereocenters. The van der Waals surface area contributed by atoms with Gasteiger partial charge in [-0.05, 0) is 37.6 Å². The van der Waals surface area contributed by atoms with Crippen LogP contribution in [0.2, 0.25) is 0 Å². The molecule has 1 aliphatic heterocycles. The van der Waals surface area contributed by atoms with Gasteiger partial charge in [-0.25, -0.2) is 4.79 Å². The minimum Gasteiger partial charge on any atom is -0.487 e. The first kappa shape index (κ1) is 12.5. The summed E-state index contributed by atoms with van der Waals surface area (Å²) in [7, 11) is 0. The van der Waals surface area contributed by atoms with Gasteiger partial charge in [0.25, 0.3) is 0 Å².